The molecule has 1 saturated carbocycles. The van der Waals surface area contributed by atoms with Gasteiger partial charge in [0.2, 0.25) is 0 Å². The number of halogens is 2. The van der Waals surface area contributed by atoms with Crippen molar-refractivity contribution in [1.82, 2.24) is 4.98 Å². The second kappa shape index (κ2) is 5.82. The van der Waals surface area contributed by atoms with Crippen LogP contribution in [-0.4, -0.2) is 28.6 Å². The van der Waals surface area contributed by atoms with Gasteiger partial charge in [-0.1, -0.05) is 0 Å². The second-order valence-corrected chi connectivity index (χ2v) is 6.70. The number of esters is 1. The molecular weight excluding hydrogens is 292 g/mol. The fourth-order valence-corrected chi connectivity index (χ4v) is 2.27. The molecule has 0 unspecified atom stereocenters. The summed E-state index contributed by atoms with van der Waals surface area (Å²) in [7, 11) is 0. The molecule has 6 heteroatoms. The molecule has 0 bridgehead atoms. The Morgan fingerprint density at radius 3 is 2.55 bits per heavy atom. The number of aromatic nitrogens is 1. The number of carbonyl (C=O) groups is 1. The number of hydrogen-bond donors (Lipinski definition) is 0. The number of alkyl halides is 2. The molecule has 2 rings (SSSR count). The number of rotatable bonds is 4. The summed E-state index contributed by atoms with van der Waals surface area (Å²) < 4.78 is 36.4. The van der Waals surface area contributed by atoms with Crippen molar-refractivity contribution < 1.29 is 23.0 Å². The second-order valence-electron chi connectivity index (χ2n) is 6.70. The molecule has 22 heavy (non-hydrogen) atoms. The van der Waals surface area contributed by atoms with Gasteiger partial charge in [-0.05, 0) is 27.7 Å². The normalized spacial score (nSPS) is 17.7. The molecule has 1 aromatic rings. The van der Waals surface area contributed by atoms with E-state index in [0.29, 0.717) is 17.1 Å². The maximum atomic E-state index is 12.8. The van der Waals surface area contributed by atoms with Crippen molar-refractivity contribution in [2.75, 3.05) is 0 Å². The first kappa shape index (κ1) is 16.6. The van der Waals surface area contributed by atoms with Crippen LogP contribution < -0.4 is 4.74 Å². The van der Waals surface area contributed by atoms with Crippen molar-refractivity contribution in [1.29, 1.82) is 0 Å². The van der Waals surface area contributed by atoms with Gasteiger partial charge in [0.25, 0.3) is 5.92 Å². The molecule has 1 fully saturated rings. The molecule has 1 aliphatic carbocycles. The number of pyridine rings is 1. The van der Waals surface area contributed by atoms with Crippen molar-refractivity contribution in [3.8, 4) is 5.75 Å². The summed E-state index contributed by atoms with van der Waals surface area (Å²) in [6, 6.07) is 3.28. The van der Waals surface area contributed by atoms with Crippen molar-refractivity contribution in [2.45, 2.75) is 64.6 Å². The van der Waals surface area contributed by atoms with Crippen LogP contribution in [0.4, 0.5) is 8.78 Å². The van der Waals surface area contributed by atoms with Crippen LogP contribution in [0.3, 0.4) is 0 Å². The van der Waals surface area contributed by atoms with Gasteiger partial charge >= 0.3 is 5.97 Å². The number of ether oxygens (including phenoxy) is 2. The lowest BCUT2D eigenvalue weighted by atomic mass is 9.91. The molecule has 4 nitrogen and oxygen atoms in total. The maximum Gasteiger partial charge on any atom is 0.312 e. The summed E-state index contributed by atoms with van der Waals surface area (Å²) in [5.41, 5.74) is 0.620. The molecule has 1 aliphatic rings. The first-order chi connectivity index (χ1) is 10.0. The van der Waals surface area contributed by atoms with Crippen LogP contribution in [0.5, 0.6) is 5.75 Å². The molecular formula is C16H21F2NO3. The summed E-state index contributed by atoms with van der Waals surface area (Å²) in [5.74, 6) is -2.54. The third-order valence-electron chi connectivity index (χ3n) is 3.08. The topological polar surface area (TPSA) is 48.4 Å². The Labute approximate surface area is 128 Å². The Bertz CT molecular complexity index is 559. The highest BCUT2D eigenvalue weighted by Gasteiger charge is 2.47. The van der Waals surface area contributed by atoms with Gasteiger partial charge in [0, 0.05) is 30.7 Å². The average molecular weight is 313 g/mol. The van der Waals surface area contributed by atoms with E-state index in [2.05, 4.69) is 4.98 Å². The minimum absolute atomic E-state index is 0.0239. The van der Waals surface area contributed by atoms with E-state index >= 15 is 0 Å². The van der Waals surface area contributed by atoms with Crippen LogP contribution in [0.25, 0.3) is 0 Å². The van der Waals surface area contributed by atoms with Crippen LogP contribution >= 0.6 is 0 Å². The molecule has 0 aromatic carbocycles. The monoisotopic (exact) mass is 313 g/mol. The van der Waals surface area contributed by atoms with Gasteiger partial charge in [0.1, 0.15) is 17.5 Å². The lowest BCUT2D eigenvalue weighted by Crippen LogP contribution is -2.43. The zero-order valence-corrected chi connectivity index (χ0v) is 13.3. The largest absolute Gasteiger partial charge is 0.490 e. The highest BCUT2D eigenvalue weighted by atomic mass is 19.3. The van der Waals surface area contributed by atoms with Gasteiger partial charge in [-0.3, -0.25) is 9.78 Å². The highest BCUT2D eigenvalue weighted by molar-refractivity contribution is 5.72. The van der Waals surface area contributed by atoms with E-state index in [1.807, 2.05) is 0 Å². The SMILES string of the molecule is Cc1cc(OC2CC(F)(F)C2)cc(CC(=O)OC(C)(C)C)n1. The third-order valence-corrected chi connectivity index (χ3v) is 3.08. The molecule has 0 amide bonds. The quantitative estimate of drug-likeness (QED) is 0.799. The minimum Gasteiger partial charge on any atom is -0.490 e. The molecule has 0 atom stereocenters. The van der Waals surface area contributed by atoms with Gasteiger partial charge in [-0.2, -0.15) is 0 Å². The summed E-state index contributed by atoms with van der Waals surface area (Å²) in [6.45, 7) is 7.14. The van der Waals surface area contributed by atoms with Gasteiger partial charge < -0.3 is 9.47 Å². The fourth-order valence-electron chi connectivity index (χ4n) is 2.27. The molecule has 1 aromatic heterocycles. The molecule has 0 spiro atoms. The zero-order valence-electron chi connectivity index (χ0n) is 13.3. The van der Waals surface area contributed by atoms with E-state index in [1.54, 1.807) is 39.8 Å². The van der Waals surface area contributed by atoms with Crippen LogP contribution in [0.2, 0.25) is 0 Å². The van der Waals surface area contributed by atoms with Gasteiger partial charge in [-0.25, -0.2) is 8.78 Å². The summed E-state index contributed by atoms with van der Waals surface area (Å²) in [4.78, 5) is 16.1. The smallest absolute Gasteiger partial charge is 0.312 e. The Hall–Kier alpha value is -1.72. The van der Waals surface area contributed by atoms with E-state index < -0.39 is 17.6 Å². The maximum absolute atomic E-state index is 12.8. The van der Waals surface area contributed by atoms with Crippen LogP contribution in [0.1, 0.15) is 45.0 Å². The van der Waals surface area contributed by atoms with Gasteiger partial charge in [-0.15, -0.1) is 0 Å². The molecule has 1 heterocycles. The Morgan fingerprint density at radius 1 is 1.36 bits per heavy atom. The zero-order chi connectivity index (χ0) is 16.5. The first-order valence-electron chi connectivity index (χ1n) is 7.26. The van der Waals surface area contributed by atoms with Crippen LogP contribution in [0.15, 0.2) is 12.1 Å². The molecule has 122 valence electrons. The van der Waals surface area contributed by atoms with Crippen molar-refractivity contribution in [3.05, 3.63) is 23.5 Å². The number of nitrogens with zero attached hydrogens (tertiary/aromatic N) is 1. The number of carbonyl (C=O) groups excluding carboxylic acids is 1. The van der Waals surface area contributed by atoms with Crippen molar-refractivity contribution >= 4 is 5.97 Å². The first-order valence-corrected chi connectivity index (χ1v) is 7.26. The third kappa shape index (κ3) is 4.93. The van der Waals surface area contributed by atoms with Crippen molar-refractivity contribution in [2.24, 2.45) is 0 Å². The Kier molecular flexibility index (Phi) is 4.40. The molecule has 0 radical (unpaired) electrons. The number of hydrogen-bond acceptors (Lipinski definition) is 4. The Balaban J connectivity index is 1.99. The van der Waals surface area contributed by atoms with Crippen LogP contribution in [-0.2, 0) is 16.0 Å². The van der Waals surface area contributed by atoms with E-state index in [-0.39, 0.29) is 25.2 Å². The summed E-state index contributed by atoms with van der Waals surface area (Å²) in [6.07, 6.45) is -0.993. The highest BCUT2D eigenvalue weighted by Crippen LogP contribution is 2.39. The molecule has 0 saturated heterocycles. The average Bonchev–Trinajstić information content (AvgIpc) is 2.21. The van der Waals surface area contributed by atoms with E-state index in [1.165, 1.54) is 0 Å². The predicted octanol–water partition coefficient (Wildman–Crippen LogP) is 3.45. The Morgan fingerprint density at radius 2 is 2.00 bits per heavy atom. The molecule has 0 N–H and O–H groups in total. The summed E-state index contributed by atoms with van der Waals surface area (Å²) >= 11 is 0. The van der Waals surface area contributed by atoms with E-state index in [9.17, 15) is 13.6 Å². The standard InChI is InChI=1S/C16H21F2NO3/c1-10-5-12(21-13-8-16(17,18)9-13)6-11(19-10)7-14(20)22-15(2,3)4/h5-6,13H,7-9H2,1-4H3. The minimum atomic E-state index is -2.62. The fraction of sp³-hybridized carbons (Fsp3) is 0.625. The van der Waals surface area contributed by atoms with E-state index in [0.717, 1.165) is 0 Å². The number of aryl methyl sites for hydroxylation is 1. The lowest BCUT2D eigenvalue weighted by molar-refractivity contribution is -0.154. The van der Waals surface area contributed by atoms with Crippen molar-refractivity contribution in [3.63, 3.8) is 0 Å². The van der Waals surface area contributed by atoms with E-state index in [4.69, 9.17) is 9.47 Å². The van der Waals surface area contributed by atoms with Gasteiger partial charge in [0.05, 0.1) is 12.1 Å². The van der Waals surface area contributed by atoms with Gasteiger partial charge in [0.15, 0.2) is 0 Å². The summed E-state index contributed by atoms with van der Waals surface area (Å²) in [5, 5.41) is 0. The predicted molar refractivity (Wildman–Crippen MR) is 77.1 cm³/mol. The molecule has 0 aliphatic heterocycles. The van der Waals surface area contributed by atoms with Crippen LogP contribution in [0, 0.1) is 6.92 Å². The lowest BCUT2D eigenvalue weighted by Gasteiger charge is -2.34.